The van der Waals surface area contributed by atoms with Crippen molar-refractivity contribution >= 4 is 10.9 Å². The van der Waals surface area contributed by atoms with E-state index in [1.807, 2.05) is 55.5 Å². The minimum absolute atomic E-state index is 0.516. The SMILES string of the molecule is COc1cc(C(O)c2ccccc2)c2cccc(C)c2n1. The molecule has 0 fully saturated rings. The molecule has 3 heteroatoms. The number of aliphatic hydroxyl groups is 1. The first kappa shape index (κ1) is 13.6. The standard InChI is InChI=1S/C18H17NO2/c1-12-7-6-10-14-15(11-16(21-2)19-17(12)14)18(20)13-8-4-3-5-9-13/h3-11,18,20H,1-2H3. The van der Waals surface area contributed by atoms with Crippen molar-refractivity contribution < 1.29 is 9.84 Å². The van der Waals surface area contributed by atoms with Gasteiger partial charge < -0.3 is 9.84 Å². The summed E-state index contributed by atoms with van der Waals surface area (Å²) in [6.45, 7) is 2.01. The van der Waals surface area contributed by atoms with Gasteiger partial charge in [0.15, 0.2) is 0 Å². The molecule has 1 unspecified atom stereocenters. The van der Waals surface area contributed by atoms with Gasteiger partial charge in [-0.25, -0.2) is 4.98 Å². The highest BCUT2D eigenvalue weighted by molar-refractivity contribution is 5.86. The number of aliphatic hydroxyl groups excluding tert-OH is 1. The Bertz CT molecular complexity index is 769. The van der Waals surface area contributed by atoms with Crippen LogP contribution < -0.4 is 4.74 Å². The maximum Gasteiger partial charge on any atom is 0.213 e. The Balaban J connectivity index is 2.24. The molecule has 0 spiro atoms. The molecule has 0 bridgehead atoms. The molecule has 3 rings (SSSR count). The number of pyridine rings is 1. The zero-order chi connectivity index (χ0) is 14.8. The van der Waals surface area contributed by atoms with E-state index in [0.29, 0.717) is 5.88 Å². The van der Waals surface area contributed by atoms with Crippen LogP contribution in [0.3, 0.4) is 0 Å². The summed E-state index contributed by atoms with van der Waals surface area (Å²) in [5.74, 6) is 0.516. The Kier molecular flexibility index (Phi) is 3.59. The van der Waals surface area contributed by atoms with Gasteiger partial charge in [0.05, 0.1) is 12.6 Å². The third-order valence-corrected chi connectivity index (χ3v) is 3.67. The van der Waals surface area contributed by atoms with E-state index in [1.165, 1.54) is 0 Å². The molecule has 21 heavy (non-hydrogen) atoms. The number of hydrogen-bond donors (Lipinski definition) is 1. The second-order valence-electron chi connectivity index (χ2n) is 5.04. The van der Waals surface area contributed by atoms with Crippen molar-refractivity contribution in [3.05, 3.63) is 71.3 Å². The number of para-hydroxylation sites is 1. The van der Waals surface area contributed by atoms with E-state index in [0.717, 1.165) is 27.6 Å². The molecule has 0 saturated heterocycles. The summed E-state index contributed by atoms with van der Waals surface area (Å²) in [4.78, 5) is 4.50. The van der Waals surface area contributed by atoms with Crippen molar-refractivity contribution in [2.24, 2.45) is 0 Å². The van der Waals surface area contributed by atoms with Crippen LogP contribution in [0.5, 0.6) is 5.88 Å². The zero-order valence-corrected chi connectivity index (χ0v) is 12.1. The van der Waals surface area contributed by atoms with Crippen molar-refractivity contribution in [1.29, 1.82) is 0 Å². The first-order chi connectivity index (χ1) is 10.2. The molecule has 0 amide bonds. The van der Waals surface area contributed by atoms with Gasteiger partial charge in [0.25, 0.3) is 0 Å². The van der Waals surface area contributed by atoms with Gasteiger partial charge in [0.1, 0.15) is 6.10 Å². The maximum atomic E-state index is 10.7. The summed E-state index contributed by atoms with van der Waals surface area (Å²) in [6.07, 6.45) is -0.701. The number of ether oxygens (including phenoxy) is 1. The summed E-state index contributed by atoms with van der Waals surface area (Å²) < 4.78 is 5.28. The predicted molar refractivity (Wildman–Crippen MR) is 83.5 cm³/mol. The molecule has 1 heterocycles. The molecule has 3 aromatic rings. The quantitative estimate of drug-likeness (QED) is 0.796. The minimum atomic E-state index is -0.701. The fourth-order valence-electron chi connectivity index (χ4n) is 2.54. The molecule has 1 N–H and O–H groups in total. The normalized spacial score (nSPS) is 12.3. The zero-order valence-electron chi connectivity index (χ0n) is 12.1. The van der Waals surface area contributed by atoms with Gasteiger partial charge in [-0.15, -0.1) is 0 Å². The van der Waals surface area contributed by atoms with Crippen LogP contribution in [0.2, 0.25) is 0 Å². The van der Waals surface area contributed by atoms with E-state index in [4.69, 9.17) is 4.74 Å². The van der Waals surface area contributed by atoms with Gasteiger partial charge in [-0.3, -0.25) is 0 Å². The van der Waals surface area contributed by atoms with E-state index >= 15 is 0 Å². The lowest BCUT2D eigenvalue weighted by atomic mass is 9.97. The fourth-order valence-corrected chi connectivity index (χ4v) is 2.54. The Hall–Kier alpha value is -2.39. The summed E-state index contributed by atoms with van der Waals surface area (Å²) in [6, 6.07) is 17.4. The van der Waals surface area contributed by atoms with E-state index < -0.39 is 6.10 Å². The molecule has 0 aliphatic heterocycles. The van der Waals surface area contributed by atoms with Crippen molar-refractivity contribution in [3.8, 4) is 5.88 Å². The number of hydrogen-bond acceptors (Lipinski definition) is 3. The summed E-state index contributed by atoms with van der Waals surface area (Å²) in [5, 5.41) is 11.7. The van der Waals surface area contributed by atoms with Gasteiger partial charge >= 0.3 is 0 Å². The van der Waals surface area contributed by atoms with Crippen molar-refractivity contribution in [2.75, 3.05) is 7.11 Å². The third-order valence-electron chi connectivity index (χ3n) is 3.67. The molecule has 106 valence electrons. The lowest BCUT2D eigenvalue weighted by molar-refractivity contribution is 0.221. The predicted octanol–water partition coefficient (Wildman–Crippen LogP) is 3.63. The van der Waals surface area contributed by atoms with Gasteiger partial charge in [-0.2, -0.15) is 0 Å². The number of benzene rings is 2. The van der Waals surface area contributed by atoms with Gasteiger partial charge in [-0.1, -0.05) is 48.5 Å². The van der Waals surface area contributed by atoms with E-state index in [1.54, 1.807) is 13.2 Å². The van der Waals surface area contributed by atoms with Crippen LogP contribution in [0, 0.1) is 6.92 Å². The van der Waals surface area contributed by atoms with Gasteiger partial charge in [0, 0.05) is 11.5 Å². The van der Waals surface area contributed by atoms with Gasteiger partial charge in [-0.05, 0) is 23.6 Å². The van der Waals surface area contributed by atoms with Crippen molar-refractivity contribution in [3.63, 3.8) is 0 Å². The Morgan fingerprint density at radius 3 is 2.52 bits per heavy atom. The lowest BCUT2D eigenvalue weighted by Gasteiger charge is -2.16. The first-order valence-corrected chi connectivity index (χ1v) is 6.88. The largest absolute Gasteiger partial charge is 0.481 e. The molecule has 0 saturated carbocycles. The van der Waals surface area contributed by atoms with Crippen LogP contribution in [0.1, 0.15) is 22.8 Å². The van der Waals surface area contributed by atoms with Crippen molar-refractivity contribution in [2.45, 2.75) is 13.0 Å². The number of methoxy groups -OCH3 is 1. The average Bonchev–Trinajstić information content (AvgIpc) is 2.54. The van der Waals surface area contributed by atoms with E-state index in [9.17, 15) is 5.11 Å². The smallest absolute Gasteiger partial charge is 0.213 e. The fraction of sp³-hybridized carbons (Fsp3) is 0.167. The maximum absolute atomic E-state index is 10.7. The number of rotatable bonds is 3. The molecule has 0 radical (unpaired) electrons. The summed E-state index contributed by atoms with van der Waals surface area (Å²) in [5.41, 5.74) is 3.59. The van der Waals surface area contributed by atoms with Gasteiger partial charge in [0.2, 0.25) is 5.88 Å². The third kappa shape index (κ3) is 2.48. The van der Waals surface area contributed by atoms with Crippen LogP contribution in [0.4, 0.5) is 0 Å². The highest BCUT2D eigenvalue weighted by Gasteiger charge is 2.16. The topological polar surface area (TPSA) is 42.4 Å². The minimum Gasteiger partial charge on any atom is -0.481 e. The summed E-state index contributed by atoms with van der Waals surface area (Å²) >= 11 is 0. The molecular formula is C18H17NO2. The molecule has 1 aromatic heterocycles. The van der Waals surface area contributed by atoms with Crippen LogP contribution in [0.15, 0.2) is 54.6 Å². The van der Waals surface area contributed by atoms with Crippen LogP contribution in [-0.2, 0) is 0 Å². The Morgan fingerprint density at radius 2 is 1.81 bits per heavy atom. The Labute approximate surface area is 123 Å². The molecule has 2 aromatic carbocycles. The van der Waals surface area contributed by atoms with E-state index in [-0.39, 0.29) is 0 Å². The molecule has 0 aliphatic rings. The van der Waals surface area contributed by atoms with Crippen molar-refractivity contribution in [1.82, 2.24) is 4.98 Å². The van der Waals surface area contributed by atoms with Crippen LogP contribution >= 0.6 is 0 Å². The Morgan fingerprint density at radius 1 is 1.05 bits per heavy atom. The molecule has 3 nitrogen and oxygen atoms in total. The second-order valence-corrected chi connectivity index (χ2v) is 5.04. The highest BCUT2D eigenvalue weighted by Crippen LogP contribution is 2.31. The van der Waals surface area contributed by atoms with Crippen LogP contribution in [-0.4, -0.2) is 17.2 Å². The van der Waals surface area contributed by atoms with Crippen LogP contribution in [0.25, 0.3) is 10.9 Å². The lowest BCUT2D eigenvalue weighted by Crippen LogP contribution is -2.03. The molecule has 1 atom stereocenters. The number of nitrogens with zero attached hydrogens (tertiary/aromatic N) is 1. The summed E-state index contributed by atoms with van der Waals surface area (Å²) in [7, 11) is 1.59. The first-order valence-electron chi connectivity index (χ1n) is 6.88. The highest BCUT2D eigenvalue weighted by atomic mass is 16.5. The molecule has 0 aliphatic carbocycles. The molecular weight excluding hydrogens is 262 g/mol. The van der Waals surface area contributed by atoms with E-state index in [2.05, 4.69) is 4.98 Å². The number of aryl methyl sites for hydroxylation is 1. The average molecular weight is 279 g/mol. The number of fused-ring (bicyclic) bond motifs is 1. The monoisotopic (exact) mass is 279 g/mol. The second kappa shape index (κ2) is 5.54. The number of aromatic nitrogens is 1.